The van der Waals surface area contributed by atoms with Gasteiger partial charge in [-0.3, -0.25) is 4.79 Å². The lowest BCUT2D eigenvalue weighted by Crippen LogP contribution is -2.46. The van der Waals surface area contributed by atoms with E-state index in [2.05, 4.69) is 11.6 Å². The minimum absolute atomic E-state index is 0.0145. The topological polar surface area (TPSA) is 108 Å². The molecule has 0 saturated carbocycles. The van der Waals surface area contributed by atoms with Gasteiger partial charge < -0.3 is 26.5 Å². The van der Waals surface area contributed by atoms with Crippen LogP contribution in [0.15, 0.2) is 43.0 Å². The summed E-state index contributed by atoms with van der Waals surface area (Å²) in [6, 6.07) is 9.47. The lowest BCUT2D eigenvalue weighted by Gasteiger charge is -2.39. The maximum atomic E-state index is 12.3. The first-order valence-electron chi connectivity index (χ1n) is 9.68. The molecule has 2 bridgehead atoms. The van der Waals surface area contributed by atoms with E-state index in [4.69, 9.17) is 11.5 Å². The molecule has 4 rings (SSSR count). The van der Waals surface area contributed by atoms with Crippen LogP contribution >= 0.6 is 0 Å². The fourth-order valence-electron chi connectivity index (χ4n) is 4.76. The average Bonchev–Trinajstić information content (AvgIpc) is 3.19. The van der Waals surface area contributed by atoms with E-state index in [9.17, 15) is 9.90 Å². The highest BCUT2D eigenvalue weighted by atomic mass is 16.3. The van der Waals surface area contributed by atoms with E-state index in [1.54, 1.807) is 24.3 Å². The molecule has 2 unspecified atom stereocenters. The molecule has 2 aliphatic heterocycles. The van der Waals surface area contributed by atoms with Crippen molar-refractivity contribution in [3.05, 3.63) is 59.8 Å². The first-order valence-corrected chi connectivity index (χ1v) is 9.68. The molecule has 2 saturated heterocycles. The molecule has 0 aliphatic carbocycles. The van der Waals surface area contributed by atoms with Gasteiger partial charge in [0.25, 0.3) is 0 Å². The number of rotatable bonds is 4. The monoisotopic (exact) mass is 378 g/mol. The third-order valence-corrected chi connectivity index (χ3v) is 6.08. The van der Waals surface area contributed by atoms with Crippen LogP contribution in [0.2, 0.25) is 0 Å². The van der Waals surface area contributed by atoms with E-state index >= 15 is 0 Å². The molecule has 2 fully saturated rings. The number of aromatic nitrogens is 1. The molecule has 3 atom stereocenters. The Labute approximate surface area is 164 Å². The summed E-state index contributed by atoms with van der Waals surface area (Å²) < 4.78 is 0. The Kier molecular flexibility index (Phi) is 4.63. The van der Waals surface area contributed by atoms with E-state index in [-0.39, 0.29) is 23.6 Å². The summed E-state index contributed by atoms with van der Waals surface area (Å²) in [7, 11) is 0. The van der Waals surface area contributed by atoms with Gasteiger partial charge in [0, 0.05) is 40.5 Å². The standard InChI is InChI=1S/C22H26N4O2/c1-2-21(28)26-14-7-9-16(19(26)10-8-14)18-12-13(22(24)25-18)11-17(23)15-5-3-4-6-20(15)27/h2-6,11-12,14,16,19,25,27H,1,7-10,23-24H2/b17-11-/t14?,16?,19-/m0/s1. The van der Waals surface area contributed by atoms with Crippen molar-refractivity contribution in [2.75, 3.05) is 5.73 Å². The van der Waals surface area contributed by atoms with E-state index in [1.165, 1.54) is 6.08 Å². The van der Waals surface area contributed by atoms with Crippen molar-refractivity contribution in [3.63, 3.8) is 0 Å². The van der Waals surface area contributed by atoms with Crippen LogP contribution in [0, 0.1) is 0 Å². The Hall–Kier alpha value is -3.15. The maximum Gasteiger partial charge on any atom is 0.246 e. The molecule has 2 aromatic rings. The summed E-state index contributed by atoms with van der Waals surface area (Å²) in [4.78, 5) is 17.6. The third-order valence-electron chi connectivity index (χ3n) is 6.08. The van der Waals surface area contributed by atoms with Crippen LogP contribution in [0.1, 0.15) is 48.4 Å². The number of hydrogen-bond acceptors (Lipinski definition) is 4. The number of fused-ring (bicyclic) bond motifs is 2. The number of amides is 1. The van der Waals surface area contributed by atoms with E-state index < -0.39 is 0 Å². The minimum atomic E-state index is 0.0145. The van der Waals surface area contributed by atoms with Gasteiger partial charge in [-0.1, -0.05) is 18.7 Å². The largest absolute Gasteiger partial charge is 0.507 e. The van der Waals surface area contributed by atoms with Crippen LogP contribution in [0.25, 0.3) is 11.8 Å². The normalized spacial score (nSPS) is 24.4. The minimum Gasteiger partial charge on any atom is -0.507 e. The number of phenols is 1. The van der Waals surface area contributed by atoms with Gasteiger partial charge in [0.05, 0.1) is 0 Å². The van der Waals surface area contributed by atoms with Crippen molar-refractivity contribution in [2.45, 2.75) is 43.7 Å². The van der Waals surface area contributed by atoms with Gasteiger partial charge in [-0.25, -0.2) is 0 Å². The van der Waals surface area contributed by atoms with E-state index in [0.29, 0.717) is 23.1 Å². The fraction of sp³-hybridized carbons (Fsp3) is 0.318. The second-order valence-electron chi connectivity index (χ2n) is 7.64. The van der Waals surface area contributed by atoms with Gasteiger partial charge >= 0.3 is 0 Å². The van der Waals surface area contributed by atoms with Crippen molar-refractivity contribution in [1.82, 2.24) is 9.88 Å². The second kappa shape index (κ2) is 7.11. The summed E-state index contributed by atoms with van der Waals surface area (Å²) in [5.74, 6) is 0.905. The number of H-pyrrole nitrogens is 1. The van der Waals surface area contributed by atoms with Crippen molar-refractivity contribution in [2.24, 2.45) is 5.73 Å². The Morgan fingerprint density at radius 2 is 2.00 bits per heavy atom. The Balaban J connectivity index is 1.63. The highest BCUT2D eigenvalue weighted by Crippen LogP contribution is 2.44. The highest BCUT2D eigenvalue weighted by Gasteiger charge is 2.44. The number of nitrogen functional groups attached to an aromatic ring is 1. The Bertz CT molecular complexity index is 946. The van der Waals surface area contributed by atoms with Crippen LogP contribution in [0.4, 0.5) is 5.82 Å². The molecule has 146 valence electrons. The molecule has 6 N–H and O–H groups in total. The third kappa shape index (κ3) is 3.05. The lowest BCUT2D eigenvalue weighted by atomic mass is 9.87. The zero-order valence-electron chi connectivity index (χ0n) is 15.8. The number of piperidine rings is 1. The SMILES string of the molecule is C=CC(=O)N1C2CCC(c3cc(/C=C(\N)c4ccccc4O)c(N)[nH]3)[C@@H]1CC2. The number of anilines is 1. The number of phenolic OH excluding ortho intramolecular Hbond substituents is 1. The molecule has 0 radical (unpaired) electrons. The molecule has 6 heteroatoms. The summed E-state index contributed by atoms with van der Waals surface area (Å²) >= 11 is 0. The zero-order chi connectivity index (χ0) is 19.8. The number of carbonyl (C=O) groups is 1. The van der Waals surface area contributed by atoms with Crippen molar-refractivity contribution < 1.29 is 9.90 Å². The van der Waals surface area contributed by atoms with Crippen LogP contribution in [0.3, 0.4) is 0 Å². The van der Waals surface area contributed by atoms with Gasteiger partial charge in [-0.05, 0) is 56.0 Å². The summed E-state index contributed by atoms with van der Waals surface area (Å²) in [6.45, 7) is 3.66. The van der Waals surface area contributed by atoms with E-state index in [0.717, 1.165) is 36.9 Å². The van der Waals surface area contributed by atoms with E-state index in [1.807, 2.05) is 17.0 Å². The smallest absolute Gasteiger partial charge is 0.246 e. The molecule has 6 nitrogen and oxygen atoms in total. The van der Waals surface area contributed by atoms with Gasteiger partial charge in [0.1, 0.15) is 11.6 Å². The second-order valence-corrected chi connectivity index (χ2v) is 7.64. The lowest BCUT2D eigenvalue weighted by molar-refractivity contribution is -0.130. The average molecular weight is 378 g/mol. The predicted octanol–water partition coefficient (Wildman–Crippen LogP) is 3.18. The molecule has 2 aliphatic rings. The number of hydrogen-bond donors (Lipinski definition) is 4. The maximum absolute atomic E-state index is 12.3. The number of nitrogens with one attached hydrogen (secondary N) is 1. The molecule has 1 aromatic carbocycles. The molecule has 28 heavy (non-hydrogen) atoms. The summed E-state index contributed by atoms with van der Waals surface area (Å²) in [5, 5.41) is 10.0. The van der Waals surface area contributed by atoms with Crippen LogP contribution < -0.4 is 11.5 Å². The molecule has 3 heterocycles. The van der Waals surface area contributed by atoms with Crippen LogP contribution in [0.5, 0.6) is 5.75 Å². The van der Waals surface area contributed by atoms with Crippen LogP contribution in [-0.2, 0) is 4.79 Å². The number of carbonyl (C=O) groups excluding carboxylic acids is 1. The Morgan fingerprint density at radius 3 is 2.75 bits per heavy atom. The molecular formula is C22H26N4O2. The zero-order valence-corrected chi connectivity index (χ0v) is 15.8. The van der Waals surface area contributed by atoms with Crippen LogP contribution in [-0.4, -0.2) is 33.0 Å². The van der Waals surface area contributed by atoms with Crippen molar-refractivity contribution >= 4 is 23.5 Å². The number of nitrogens with zero attached hydrogens (tertiary/aromatic N) is 1. The molecule has 0 spiro atoms. The van der Waals surface area contributed by atoms with Crippen molar-refractivity contribution in [3.8, 4) is 5.75 Å². The number of nitrogens with two attached hydrogens (primary N) is 2. The van der Waals surface area contributed by atoms with Crippen molar-refractivity contribution in [1.29, 1.82) is 0 Å². The number of aromatic amines is 1. The summed E-state index contributed by atoms with van der Waals surface area (Å²) in [5.41, 5.74) is 15.2. The molecular weight excluding hydrogens is 352 g/mol. The van der Waals surface area contributed by atoms with Gasteiger partial charge in [0.2, 0.25) is 5.91 Å². The number of benzene rings is 1. The van der Waals surface area contributed by atoms with Gasteiger partial charge in [0.15, 0.2) is 0 Å². The fourth-order valence-corrected chi connectivity index (χ4v) is 4.76. The molecule has 1 amide bonds. The first kappa shape index (κ1) is 18.2. The Morgan fingerprint density at radius 1 is 1.25 bits per heavy atom. The molecule has 1 aromatic heterocycles. The predicted molar refractivity (Wildman–Crippen MR) is 111 cm³/mol. The van der Waals surface area contributed by atoms with Gasteiger partial charge in [-0.2, -0.15) is 0 Å². The quantitative estimate of drug-likeness (QED) is 0.613. The first-order chi connectivity index (χ1) is 13.5. The summed E-state index contributed by atoms with van der Waals surface area (Å²) in [6.07, 6.45) is 7.25. The number of para-hydroxylation sites is 1. The van der Waals surface area contributed by atoms with Gasteiger partial charge in [-0.15, -0.1) is 0 Å². The number of aromatic hydroxyl groups is 1. The highest BCUT2D eigenvalue weighted by molar-refractivity contribution is 5.88.